The Morgan fingerprint density at radius 2 is 2.00 bits per heavy atom. The lowest BCUT2D eigenvalue weighted by Gasteiger charge is -2.46. The first kappa shape index (κ1) is 9.49. The Bertz CT molecular complexity index is 282. The molecule has 0 aromatic carbocycles. The summed E-state index contributed by atoms with van der Waals surface area (Å²) in [6, 6.07) is -0.353. The van der Waals surface area contributed by atoms with Crippen molar-refractivity contribution in [2.24, 2.45) is 5.92 Å². The van der Waals surface area contributed by atoms with Gasteiger partial charge in [-0.25, -0.2) is 0 Å². The van der Waals surface area contributed by atoms with Crippen molar-refractivity contribution in [2.45, 2.75) is 44.7 Å². The van der Waals surface area contributed by atoms with E-state index >= 15 is 0 Å². The molecule has 1 atom stereocenters. The number of hydrogen-bond acceptors (Lipinski definition) is 2. The largest absolute Gasteiger partial charge is 0.342 e. The van der Waals surface area contributed by atoms with Gasteiger partial charge in [0.1, 0.15) is 11.6 Å². The summed E-state index contributed by atoms with van der Waals surface area (Å²) < 4.78 is 0. The van der Waals surface area contributed by atoms with Crippen LogP contribution in [0.3, 0.4) is 0 Å². The van der Waals surface area contributed by atoms with Gasteiger partial charge in [0.15, 0.2) is 0 Å². The molecule has 0 unspecified atom stereocenters. The van der Waals surface area contributed by atoms with Gasteiger partial charge in [0.2, 0.25) is 11.8 Å². The number of piperazine rings is 1. The summed E-state index contributed by atoms with van der Waals surface area (Å²) in [5.41, 5.74) is -0.553. The number of hydrogen-bond donors (Lipinski definition) is 2. The molecular weight excluding hydrogens is 180 g/mol. The molecule has 1 aliphatic heterocycles. The number of carbonyl (C=O) groups is 2. The molecule has 0 bridgehead atoms. The molecule has 1 saturated heterocycles. The van der Waals surface area contributed by atoms with Gasteiger partial charge in [-0.15, -0.1) is 0 Å². The minimum Gasteiger partial charge on any atom is -0.342 e. The topological polar surface area (TPSA) is 58.2 Å². The van der Waals surface area contributed by atoms with Crippen molar-refractivity contribution >= 4 is 11.8 Å². The number of amides is 2. The molecule has 14 heavy (non-hydrogen) atoms. The van der Waals surface area contributed by atoms with Crippen LogP contribution in [-0.4, -0.2) is 23.4 Å². The average Bonchev–Trinajstić information content (AvgIpc) is 2.05. The van der Waals surface area contributed by atoms with Crippen LogP contribution in [0.5, 0.6) is 0 Å². The van der Waals surface area contributed by atoms with E-state index in [1.54, 1.807) is 0 Å². The summed E-state index contributed by atoms with van der Waals surface area (Å²) in [5.74, 6) is 0.123. The van der Waals surface area contributed by atoms with E-state index in [4.69, 9.17) is 0 Å². The fraction of sp³-hybridized carbons (Fsp3) is 0.800. The zero-order valence-electron chi connectivity index (χ0n) is 8.59. The predicted molar refractivity (Wildman–Crippen MR) is 51.5 cm³/mol. The third-order valence-corrected chi connectivity index (χ3v) is 3.24. The molecule has 1 saturated carbocycles. The second kappa shape index (κ2) is 2.97. The standard InChI is InChI=1S/C10H16N2O2/c1-6(2)7-8(13)12-10(4-3-5-10)9(14)11-7/h6-7H,3-5H2,1-2H3,(H,11,14)(H,12,13)/t7-/m0/s1. The number of carbonyl (C=O) groups excluding carboxylic acids is 2. The highest BCUT2D eigenvalue weighted by molar-refractivity contribution is 6.00. The van der Waals surface area contributed by atoms with E-state index in [-0.39, 0.29) is 23.8 Å². The number of nitrogens with one attached hydrogen (secondary N) is 2. The van der Waals surface area contributed by atoms with Gasteiger partial charge in [0, 0.05) is 0 Å². The van der Waals surface area contributed by atoms with Gasteiger partial charge < -0.3 is 10.6 Å². The molecule has 4 nitrogen and oxygen atoms in total. The van der Waals surface area contributed by atoms with Crippen molar-refractivity contribution in [3.63, 3.8) is 0 Å². The van der Waals surface area contributed by atoms with Crippen LogP contribution in [0.15, 0.2) is 0 Å². The molecular formula is C10H16N2O2. The predicted octanol–water partition coefficient (Wildman–Crippen LogP) is 0.180. The first-order chi connectivity index (χ1) is 6.55. The van der Waals surface area contributed by atoms with Crippen molar-refractivity contribution in [2.75, 3.05) is 0 Å². The molecule has 0 radical (unpaired) electrons. The van der Waals surface area contributed by atoms with Crippen molar-refractivity contribution in [3.8, 4) is 0 Å². The second-order valence-electron chi connectivity index (χ2n) is 4.62. The van der Waals surface area contributed by atoms with Crippen molar-refractivity contribution in [3.05, 3.63) is 0 Å². The van der Waals surface area contributed by atoms with Gasteiger partial charge in [-0.3, -0.25) is 9.59 Å². The lowest BCUT2D eigenvalue weighted by molar-refractivity contribution is -0.146. The minimum atomic E-state index is -0.553. The molecule has 78 valence electrons. The molecule has 0 aromatic rings. The van der Waals surface area contributed by atoms with Gasteiger partial charge >= 0.3 is 0 Å². The monoisotopic (exact) mass is 196 g/mol. The van der Waals surface area contributed by atoms with Gasteiger partial charge in [-0.2, -0.15) is 0 Å². The summed E-state index contributed by atoms with van der Waals surface area (Å²) >= 11 is 0. The van der Waals surface area contributed by atoms with E-state index in [0.717, 1.165) is 19.3 Å². The quantitative estimate of drug-likeness (QED) is 0.628. The molecule has 1 aliphatic carbocycles. The smallest absolute Gasteiger partial charge is 0.246 e. The van der Waals surface area contributed by atoms with Gasteiger partial charge in [0.25, 0.3) is 0 Å². The number of rotatable bonds is 1. The Labute approximate surface area is 83.4 Å². The molecule has 0 aromatic heterocycles. The zero-order valence-corrected chi connectivity index (χ0v) is 8.59. The molecule has 2 aliphatic rings. The van der Waals surface area contributed by atoms with Crippen molar-refractivity contribution in [1.82, 2.24) is 10.6 Å². The molecule has 2 amide bonds. The van der Waals surface area contributed by atoms with E-state index in [2.05, 4.69) is 10.6 Å². The maximum Gasteiger partial charge on any atom is 0.246 e. The van der Waals surface area contributed by atoms with Crippen LogP contribution >= 0.6 is 0 Å². The summed E-state index contributed by atoms with van der Waals surface area (Å²) in [6.45, 7) is 3.87. The average molecular weight is 196 g/mol. The van der Waals surface area contributed by atoms with E-state index in [1.165, 1.54) is 0 Å². The lowest BCUT2D eigenvalue weighted by atomic mass is 9.74. The minimum absolute atomic E-state index is 0.00190. The van der Waals surface area contributed by atoms with Gasteiger partial charge in [-0.05, 0) is 25.2 Å². The van der Waals surface area contributed by atoms with Gasteiger partial charge in [-0.1, -0.05) is 13.8 Å². The van der Waals surface area contributed by atoms with E-state index < -0.39 is 5.54 Å². The molecule has 2 N–H and O–H groups in total. The van der Waals surface area contributed by atoms with Crippen LogP contribution in [0.25, 0.3) is 0 Å². The third kappa shape index (κ3) is 1.21. The van der Waals surface area contributed by atoms with Gasteiger partial charge in [0.05, 0.1) is 0 Å². The Morgan fingerprint density at radius 1 is 1.36 bits per heavy atom. The molecule has 2 rings (SSSR count). The van der Waals surface area contributed by atoms with Crippen LogP contribution in [0.2, 0.25) is 0 Å². The van der Waals surface area contributed by atoms with E-state index in [0.29, 0.717) is 0 Å². The van der Waals surface area contributed by atoms with Crippen LogP contribution < -0.4 is 10.6 Å². The molecule has 4 heteroatoms. The van der Waals surface area contributed by atoms with E-state index in [1.807, 2.05) is 13.8 Å². The Morgan fingerprint density at radius 3 is 2.43 bits per heavy atom. The molecule has 1 spiro atoms. The maximum atomic E-state index is 11.7. The Hall–Kier alpha value is -1.06. The third-order valence-electron chi connectivity index (χ3n) is 3.24. The summed E-state index contributed by atoms with van der Waals surface area (Å²) in [5, 5.41) is 5.67. The normalized spacial score (nSPS) is 29.8. The fourth-order valence-corrected chi connectivity index (χ4v) is 2.07. The van der Waals surface area contributed by atoms with Crippen molar-refractivity contribution < 1.29 is 9.59 Å². The van der Waals surface area contributed by atoms with Crippen LogP contribution in [0.1, 0.15) is 33.1 Å². The fourth-order valence-electron chi connectivity index (χ4n) is 2.07. The molecule has 2 fully saturated rings. The Kier molecular flexibility index (Phi) is 2.01. The molecule has 1 heterocycles. The highest BCUT2D eigenvalue weighted by Crippen LogP contribution is 2.34. The first-order valence-electron chi connectivity index (χ1n) is 5.18. The second-order valence-corrected chi connectivity index (χ2v) is 4.62. The highest BCUT2D eigenvalue weighted by atomic mass is 16.2. The highest BCUT2D eigenvalue weighted by Gasteiger charge is 2.50. The zero-order chi connectivity index (χ0) is 10.3. The SMILES string of the molecule is CC(C)[C@@H]1NC(=O)C2(CCC2)NC1=O. The Balaban J connectivity index is 2.13. The summed E-state index contributed by atoms with van der Waals surface area (Å²) in [7, 11) is 0. The van der Waals surface area contributed by atoms with Crippen molar-refractivity contribution in [1.29, 1.82) is 0 Å². The van der Waals surface area contributed by atoms with Crippen LogP contribution in [0.4, 0.5) is 0 Å². The lowest BCUT2D eigenvalue weighted by Crippen LogP contribution is -2.72. The summed E-state index contributed by atoms with van der Waals surface area (Å²) in [4.78, 5) is 23.4. The maximum absolute atomic E-state index is 11.7. The van der Waals surface area contributed by atoms with Crippen LogP contribution in [-0.2, 0) is 9.59 Å². The summed E-state index contributed by atoms with van der Waals surface area (Å²) in [6.07, 6.45) is 2.60. The van der Waals surface area contributed by atoms with E-state index in [9.17, 15) is 9.59 Å². The first-order valence-corrected chi connectivity index (χ1v) is 5.18. The van der Waals surface area contributed by atoms with Crippen LogP contribution in [0, 0.1) is 5.92 Å².